The van der Waals surface area contributed by atoms with Gasteiger partial charge in [-0.25, -0.2) is 0 Å². The van der Waals surface area contributed by atoms with E-state index in [9.17, 15) is 9.59 Å². The summed E-state index contributed by atoms with van der Waals surface area (Å²) in [6.45, 7) is 11.1. The molecule has 0 aromatic heterocycles. The van der Waals surface area contributed by atoms with Crippen molar-refractivity contribution >= 4 is 27.7 Å². The van der Waals surface area contributed by atoms with E-state index >= 15 is 0 Å². The van der Waals surface area contributed by atoms with Crippen LogP contribution in [0.3, 0.4) is 0 Å². The van der Waals surface area contributed by atoms with Gasteiger partial charge in [0.05, 0.1) is 13.2 Å². The molecule has 2 aromatic carbocycles. The number of carbonyl (C=O) groups is 2. The van der Waals surface area contributed by atoms with Gasteiger partial charge in [0.1, 0.15) is 6.04 Å². The number of hydrogen-bond acceptors (Lipinski definition) is 4. The van der Waals surface area contributed by atoms with Crippen LogP contribution in [0.15, 0.2) is 46.9 Å². The molecule has 186 valence electrons. The minimum atomic E-state index is -0.579. The summed E-state index contributed by atoms with van der Waals surface area (Å²) in [6, 6.07) is 13.1. The van der Waals surface area contributed by atoms with Crippen molar-refractivity contribution in [1.82, 2.24) is 10.2 Å². The summed E-state index contributed by atoms with van der Waals surface area (Å²) in [6.07, 6.45) is 1.66. The fraction of sp³-hybridized carbons (Fsp3) is 0.481. The van der Waals surface area contributed by atoms with Gasteiger partial charge in [0.25, 0.3) is 0 Å². The summed E-state index contributed by atoms with van der Waals surface area (Å²) >= 11 is 3.45. The third kappa shape index (κ3) is 8.35. The predicted octanol–water partition coefficient (Wildman–Crippen LogP) is 5.51. The lowest BCUT2D eigenvalue weighted by Gasteiger charge is -2.30. The molecule has 34 heavy (non-hydrogen) atoms. The Hall–Kier alpha value is -2.54. The first-order valence-corrected chi connectivity index (χ1v) is 12.8. The number of halogens is 1. The highest BCUT2D eigenvalue weighted by molar-refractivity contribution is 9.10. The fourth-order valence-corrected chi connectivity index (χ4v) is 3.74. The van der Waals surface area contributed by atoms with Gasteiger partial charge in [-0.05, 0) is 75.9 Å². The molecule has 2 unspecified atom stereocenters. The normalized spacial score (nSPS) is 12.5. The van der Waals surface area contributed by atoms with Crippen molar-refractivity contribution in [2.24, 2.45) is 0 Å². The molecule has 2 amide bonds. The minimum absolute atomic E-state index is 0.0559. The van der Waals surface area contributed by atoms with Crippen LogP contribution in [0.1, 0.15) is 58.6 Å². The van der Waals surface area contributed by atoms with Crippen LogP contribution in [-0.4, -0.2) is 42.0 Å². The van der Waals surface area contributed by atoms with Crippen molar-refractivity contribution in [3.8, 4) is 11.5 Å². The molecule has 2 atom stereocenters. The summed E-state index contributed by atoms with van der Waals surface area (Å²) in [5, 5.41) is 3.00. The summed E-state index contributed by atoms with van der Waals surface area (Å²) < 4.78 is 12.3. The van der Waals surface area contributed by atoms with E-state index in [4.69, 9.17) is 9.47 Å². The number of aryl methyl sites for hydroxylation is 1. The van der Waals surface area contributed by atoms with Crippen molar-refractivity contribution < 1.29 is 19.1 Å². The first kappa shape index (κ1) is 27.7. The molecule has 2 rings (SSSR count). The summed E-state index contributed by atoms with van der Waals surface area (Å²) in [5.74, 6) is 1.18. The molecule has 2 aromatic rings. The van der Waals surface area contributed by atoms with Crippen molar-refractivity contribution in [3.63, 3.8) is 0 Å². The van der Waals surface area contributed by atoms with Crippen LogP contribution in [0.25, 0.3) is 0 Å². The van der Waals surface area contributed by atoms with E-state index < -0.39 is 6.04 Å². The Balaban J connectivity index is 2.17. The summed E-state index contributed by atoms with van der Waals surface area (Å²) in [5.41, 5.74) is 1.96. The molecule has 7 heteroatoms. The highest BCUT2D eigenvalue weighted by atomic mass is 79.9. The monoisotopic (exact) mass is 532 g/mol. The first-order valence-electron chi connectivity index (χ1n) is 12.0. The second-order valence-electron chi connectivity index (χ2n) is 8.29. The number of nitrogens with one attached hydrogen (secondary N) is 1. The average Bonchev–Trinajstić information content (AvgIpc) is 2.83. The maximum atomic E-state index is 13.3. The first-order chi connectivity index (χ1) is 16.3. The van der Waals surface area contributed by atoms with Crippen molar-refractivity contribution in [2.75, 3.05) is 13.2 Å². The number of ether oxygens (including phenoxy) is 2. The van der Waals surface area contributed by atoms with E-state index in [0.717, 1.165) is 22.0 Å². The van der Waals surface area contributed by atoms with E-state index in [1.807, 2.05) is 70.2 Å². The Bertz CT molecular complexity index is 933. The van der Waals surface area contributed by atoms with Gasteiger partial charge in [-0.15, -0.1) is 0 Å². The Morgan fingerprint density at radius 3 is 2.18 bits per heavy atom. The highest BCUT2D eigenvalue weighted by Crippen LogP contribution is 2.29. The lowest BCUT2D eigenvalue weighted by molar-refractivity contribution is -0.140. The zero-order chi connectivity index (χ0) is 25.1. The predicted molar refractivity (Wildman–Crippen MR) is 139 cm³/mol. The summed E-state index contributed by atoms with van der Waals surface area (Å²) in [4.78, 5) is 27.9. The molecule has 0 saturated heterocycles. The SMILES string of the molecule is CCOc1ccc(CCC(=O)N(Cc2ccc(Br)cc2)C(C)C(=O)NC(C)CC)cc1OCC. The van der Waals surface area contributed by atoms with Crippen LogP contribution in [0.5, 0.6) is 11.5 Å². The minimum Gasteiger partial charge on any atom is -0.490 e. The molecule has 0 bridgehead atoms. The second kappa shape index (κ2) is 14.0. The topological polar surface area (TPSA) is 67.9 Å². The summed E-state index contributed by atoms with van der Waals surface area (Å²) in [7, 11) is 0. The van der Waals surface area contributed by atoms with Crippen molar-refractivity contribution in [2.45, 2.75) is 72.5 Å². The van der Waals surface area contributed by atoms with E-state index in [1.165, 1.54) is 0 Å². The molecular weight excluding hydrogens is 496 g/mol. The number of rotatable bonds is 13. The molecule has 0 fully saturated rings. The molecule has 0 aliphatic carbocycles. The Morgan fingerprint density at radius 1 is 0.941 bits per heavy atom. The van der Waals surface area contributed by atoms with Crippen LogP contribution >= 0.6 is 15.9 Å². The fourth-order valence-electron chi connectivity index (χ4n) is 3.48. The lowest BCUT2D eigenvalue weighted by Crippen LogP contribution is -2.49. The molecule has 0 radical (unpaired) electrons. The Morgan fingerprint density at radius 2 is 1.56 bits per heavy atom. The third-order valence-corrected chi connectivity index (χ3v) is 6.20. The van der Waals surface area contributed by atoms with E-state index in [1.54, 1.807) is 11.8 Å². The third-order valence-electron chi connectivity index (χ3n) is 5.67. The second-order valence-corrected chi connectivity index (χ2v) is 9.20. The quantitative estimate of drug-likeness (QED) is 0.369. The van der Waals surface area contributed by atoms with Gasteiger partial charge in [0.2, 0.25) is 11.8 Å². The smallest absolute Gasteiger partial charge is 0.242 e. The van der Waals surface area contributed by atoms with Crippen LogP contribution in [0.4, 0.5) is 0 Å². The average molecular weight is 534 g/mol. The van der Waals surface area contributed by atoms with Gasteiger partial charge in [0.15, 0.2) is 11.5 Å². The van der Waals surface area contributed by atoms with Gasteiger partial charge in [-0.1, -0.05) is 41.1 Å². The molecule has 1 N–H and O–H groups in total. The highest BCUT2D eigenvalue weighted by Gasteiger charge is 2.26. The molecule has 0 saturated carbocycles. The molecular formula is C27H37BrN2O4. The Kier molecular flexibility index (Phi) is 11.4. The van der Waals surface area contributed by atoms with Crippen LogP contribution in [-0.2, 0) is 22.6 Å². The number of hydrogen-bond donors (Lipinski definition) is 1. The number of amides is 2. The zero-order valence-corrected chi connectivity index (χ0v) is 22.5. The van der Waals surface area contributed by atoms with Crippen LogP contribution in [0, 0.1) is 0 Å². The van der Waals surface area contributed by atoms with E-state index in [-0.39, 0.29) is 24.3 Å². The van der Waals surface area contributed by atoms with Gasteiger partial charge in [-0.3, -0.25) is 9.59 Å². The zero-order valence-electron chi connectivity index (χ0n) is 20.9. The number of benzene rings is 2. The van der Waals surface area contributed by atoms with Gasteiger partial charge in [-0.2, -0.15) is 0 Å². The Labute approximate surface area is 212 Å². The molecule has 0 aliphatic heterocycles. The van der Waals surface area contributed by atoms with Gasteiger partial charge < -0.3 is 19.7 Å². The largest absolute Gasteiger partial charge is 0.490 e. The van der Waals surface area contributed by atoms with Gasteiger partial charge in [0, 0.05) is 23.5 Å². The maximum Gasteiger partial charge on any atom is 0.242 e. The molecule has 0 spiro atoms. The lowest BCUT2D eigenvalue weighted by atomic mass is 10.1. The molecule has 0 aliphatic rings. The van der Waals surface area contributed by atoms with E-state index in [2.05, 4.69) is 21.2 Å². The molecule has 6 nitrogen and oxygen atoms in total. The van der Waals surface area contributed by atoms with E-state index in [0.29, 0.717) is 37.7 Å². The van der Waals surface area contributed by atoms with Crippen molar-refractivity contribution in [1.29, 1.82) is 0 Å². The standard InChI is InChI=1S/C27H37BrN2O4/c1-6-19(4)29-27(32)20(5)30(18-22-9-13-23(28)14-10-22)26(31)16-12-21-11-15-24(33-7-2)25(17-21)34-8-3/h9-11,13-15,17,19-20H,6-8,12,16,18H2,1-5H3,(H,29,32). The maximum absolute atomic E-state index is 13.3. The van der Waals surface area contributed by atoms with Gasteiger partial charge >= 0.3 is 0 Å². The van der Waals surface area contributed by atoms with Crippen molar-refractivity contribution in [3.05, 3.63) is 58.1 Å². The molecule has 0 heterocycles. The van der Waals surface area contributed by atoms with Crippen LogP contribution in [0.2, 0.25) is 0 Å². The number of nitrogens with zero attached hydrogens (tertiary/aromatic N) is 1. The van der Waals surface area contributed by atoms with Crippen LogP contribution < -0.4 is 14.8 Å². The number of carbonyl (C=O) groups excluding carboxylic acids is 2.